The first-order chi connectivity index (χ1) is 16.7. The first-order valence-corrected chi connectivity index (χ1v) is 10.4. The Labute approximate surface area is 193 Å². The van der Waals surface area contributed by atoms with Crippen molar-refractivity contribution in [1.82, 2.24) is 38.9 Å². The third-order valence-electron chi connectivity index (χ3n) is 5.52. The number of nitrogens with two attached hydrogens (primary N) is 1. The Hall–Kier alpha value is -5.17. The highest BCUT2D eigenvalue weighted by Crippen LogP contribution is 2.33. The predicted molar refractivity (Wildman–Crippen MR) is 124 cm³/mol. The number of nitriles is 1. The lowest BCUT2D eigenvalue weighted by Gasteiger charge is -2.12. The Morgan fingerprint density at radius 2 is 1.85 bits per heavy atom. The maximum absolute atomic E-state index is 9.68. The zero-order valence-corrected chi connectivity index (χ0v) is 17.7. The number of rotatable bonds is 4. The summed E-state index contributed by atoms with van der Waals surface area (Å²) in [5.41, 5.74) is 11.3. The average molecular weight is 444 g/mol. The van der Waals surface area contributed by atoms with E-state index in [1.165, 1.54) is 6.33 Å². The van der Waals surface area contributed by atoms with Gasteiger partial charge in [-0.1, -0.05) is 24.3 Å². The van der Waals surface area contributed by atoms with E-state index in [2.05, 4.69) is 31.0 Å². The van der Waals surface area contributed by atoms with E-state index >= 15 is 0 Å². The molecular formula is C24H16N10. The molecule has 0 atom stereocenters. The van der Waals surface area contributed by atoms with Crippen LogP contribution in [0.2, 0.25) is 0 Å². The third-order valence-corrected chi connectivity index (χ3v) is 5.52. The molecule has 6 rings (SSSR count). The lowest BCUT2D eigenvalue weighted by Crippen LogP contribution is -2.06. The maximum atomic E-state index is 9.68. The van der Waals surface area contributed by atoms with Crippen LogP contribution in [0.1, 0.15) is 17.0 Å². The van der Waals surface area contributed by atoms with Gasteiger partial charge in [0.15, 0.2) is 17.3 Å². The van der Waals surface area contributed by atoms with Gasteiger partial charge >= 0.3 is 0 Å². The molecule has 10 nitrogen and oxygen atoms in total. The van der Waals surface area contributed by atoms with Crippen molar-refractivity contribution < 1.29 is 0 Å². The molecule has 5 heterocycles. The minimum absolute atomic E-state index is 0.207. The number of benzene rings is 1. The summed E-state index contributed by atoms with van der Waals surface area (Å²) in [5.74, 6) is 0.768. The van der Waals surface area contributed by atoms with E-state index in [1.807, 2.05) is 41.1 Å². The number of imidazole rings is 1. The zero-order chi connectivity index (χ0) is 23.1. The van der Waals surface area contributed by atoms with Crippen LogP contribution in [0, 0.1) is 11.3 Å². The molecule has 5 aromatic heterocycles. The van der Waals surface area contributed by atoms with Crippen LogP contribution in [-0.2, 0) is 6.42 Å². The van der Waals surface area contributed by atoms with Gasteiger partial charge in [0.2, 0.25) is 0 Å². The molecule has 162 valence electrons. The standard InChI is InChI=1S/C24H16N10/c25-13-16-4-1-2-6-17(16)20-21(18-7-8-27-14-29-18)34-24(22(26)31-20)30-19(32-34)12-15-5-3-10-33-11-9-28-23(15)33/h1-11,14H,12H2,(H2,26,31). The van der Waals surface area contributed by atoms with Crippen molar-refractivity contribution >= 4 is 17.1 Å². The summed E-state index contributed by atoms with van der Waals surface area (Å²) in [6, 6.07) is 15.2. The molecule has 2 N–H and O–H groups in total. The van der Waals surface area contributed by atoms with Gasteiger partial charge in [-0.25, -0.2) is 29.4 Å². The lowest BCUT2D eigenvalue weighted by molar-refractivity contribution is 0.896. The molecule has 0 spiro atoms. The minimum Gasteiger partial charge on any atom is -0.381 e. The van der Waals surface area contributed by atoms with Crippen molar-refractivity contribution in [2.45, 2.75) is 6.42 Å². The summed E-state index contributed by atoms with van der Waals surface area (Å²) in [6.07, 6.45) is 9.14. The predicted octanol–water partition coefficient (Wildman–Crippen LogP) is 2.94. The van der Waals surface area contributed by atoms with Crippen LogP contribution in [0.15, 0.2) is 73.6 Å². The highest BCUT2D eigenvalue weighted by Gasteiger charge is 2.22. The Kier molecular flexibility index (Phi) is 4.45. The topological polar surface area (TPSA) is 136 Å². The largest absolute Gasteiger partial charge is 0.381 e. The fourth-order valence-corrected chi connectivity index (χ4v) is 4.03. The fraction of sp³-hybridized carbons (Fsp3) is 0.0417. The summed E-state index contributed by atoms with van der Waals surface area (Å²) in [7, 11) is 0. The number of hydrogen-bond acceptors (Lipinski definition) is 8. The zero-order valence-electron chi connectivity index (χ0n) is 17.7. The number of aromatic nitrogens is 8. The summed E-state index contributed by atoms with van der Waals surface area (Å²) in [4.78, 5) is 22.2. The highest BCUT2D eigenvalue weighted by molar-refractivity contribution is 5.83. The number of hydrogen-bond donors (Lipinski definition) is 1. The highest BCUT2D eigenvalue weighted by atomic mass is 15.3. The van der Waals surface area contributed by atoms with E-state index in [0.717, 1.165) is 11.2 Å². The summed E-state index contributed by atoms with van der Waals surface area (Å²) in [5, 5.41) is 14.5. The van der Waals surface area contributed by atoms with Crippen molar-refractivity contribution in [3.8, 4) is 28.7 Å². The molecular weight excluding hydrogens is 428 g/mol. The molecule has 0 radical (unpaired) electrons. The number of anilines is 1. The van der Waals surface area contributed by atoms with Gasteiger partial charge in [0.25, 0.3) is 0 Å². The van der Waals surface area contributed by atoms with Gasteiger partial charge in [-0.05, 0) is 18.2 Å². The molecule has 1 aromatic carbocycles. The van der Waals surface area contributed by atoms with Crippen molar-refractivity contribution in [3.63, 3.8) is 0 Å². The minimum atomic E-state index is 0.207. The molecule has 34 heavy (non-hydrogen) atoms. The summed E-state index contributed by atoms with van der Waals surface area (Å²) >= 11 is 0. The number of nitrogen functional groups attached to an aromatic ring is 1. The number of fused-ring (bicyclic) bond motifs is 2. The molecule has 10 heteroatoms. The van der Waals surface area contributed by atoms with E-state index in [0.29, 0.717) is 46.1 Å². The van der Waals surface area contributed by atoms with Gasteiger partial charge in [0.05, 0.1) is 17.3 Å². The molecule has 0 aliphatic carbocycles. The van der Waals surface area contributed by atoms with Crippen LogP contribution in [0.25, 0.3) is 33.9 Å². The Morgan fingerprint density at radius 3 is 2.71 bits per heavy atom. The van der Waals surface area contributed by atoms with Crippen molar-refractivity contribution in [2.24, 2.45) is 0 Å². The van der Waals surface area contributed by atoms with Crippen LogP contribution in [0.3, 0.4) is 0 Å². The van der Waals surface area contributed by atoms with Gasteiger partial charge in [-0.3, -0.25) is 0 Å². The quantitative estimate of drug-likeness (QED) is 0.438. The van der Waals surface area contributed by atoms with Crippen molar-refractivity contribution in [1.29, 1.82) is 5.26 Å². The van der Waals surface area contributed by atoms with E-state index in [-0.39, 0.29) is 5.82 Å². The van der Waals surface area contributed by atoms with E-state index in [1.54, 1.807) is 35.1 Å². The lowest BCUT2D eigenvalue weighted by atomic mass is 10.0. The van der Waals surface area contributed by atoms with Crippen molar-refractivity contribution in [3.05, 3.63) is 90.5 Å². The number of pyridine rings is 1. The van der Waals surface area contributed by atoms with Gasteiger partial charge in [-0.15, -0.1) is 0 Å². The Bertz CT molecular complexity index is 1710. The van der Waals surface area contributed by atoms with Gasteiger partial charge in [0, 0.05) is 42.3 Å². The molecule has 6 aromatic rings. The average Bonchev–Trinajstić information content (AvgIpc) is 3.52. The third kappa shape index (κ3) is 3.11. The van der Waals surface area contributed by atoms with Crippen LogP contribution in [-0.4, -0.2) is 38.9 Å². The van der Waals surface area contributed by atoms with Gasteiger partial charge in [-0.2, -0.15) is 10.4 Å². The van der Waals surface area contributed by atoms with E-state index < -0.39 is 0 Å². The van der Waals surface area contributed by atoms with Crippen LogP contribution in [0.4, 0.5) is 5.82 Å². The van der Waals surface area contributed by atoms with E-state index in [4.69, 9.17) is 10.8 Å². The molecule has 0 aliphatic heterocycles. The Morgan fingerprint density at radius 1 is 0.941 bits per heavy atom. The monoisotopic (exact) mass is 444 g/mol. The number of nitrogens with zero attached hydrogens (tertiary/aromatic N) is 9. The fourth-order valence-electron chi connectivity index (χ4n) is 4.03. The van der Waals surface area contributed by atoms with Gasteiger partial charge < -0.3 is 10.1 Å². The molecule has 0 saturated carbocycles. The second-order valence-electron chi connectivity index (χ2n) is 7.58. The molecule has 0 bridgehead atoms. The second-order valence-corrected chi connectivity index (χ2v) is 7.58. The molecule has 0 unspecified atom stereocenters. The van der Waals surface area contributed by atoms with Crippen LogP contribution in [0.5, 0.6) is 0 Å². The molecule has 0 amide bonds. The van der Waals surface area contributed by atoms with Crippen LogP contribution >= 0.6 is 0 Å². The summed E-state index contributed by atoms with van der Waals surface area (Å²) in [6.45, 7) is 0. The smallest absolute Gasteiger partial charge is 0.198 e. The van der Waals surface area contributed by atoms with Crippen LogP contribution < -0.4 is 5.73 Å². The molecule has 0 fully saturated rings. The second kappa shape index (κ2) is 7.75. The van der Waals surface area contributed by atoms with E-state index in [9.17, 15) is 5.26 Å². The first kappa shape index (κ1) is 19.5. The van der Waals surface area contributed by atoms with Crippen molar-refractivity contribution in [2.75, 3.05) is 5.73 Å². The first-order valence-electron chi connectivity index (χ1n) is 10.4. The Balaban J connectivity index is 1.60. The maximum Gasteiger partial charge on any atom is 0.198 e. The molecule has 0 saturated heterocycles. The van der Waals surface area contributed by atoms with Gasteiger partial charge in [0.1, 0.15) is 23.4 Å². The SMILES string of the molecule is N#Cc1ccccc1-c1nc(N)c2nc(Cc3cccn4ccnc34)nn2c1-c1ccncn1. The summed E-state index contributed by atoms with van der Waals surface area (Å²) < 4.78 is 3.60. The molecule has 0 aliphatic rings. The normalized spacial score (nSPS) is 11.1.